The molecule has 2 aromatic rings. The van der Waals surface area contributed by atoms with Gasteiger partial charge in [-0.15, -0.1) is 11.8 Å². The third-order valence-electron chi connectivity index (χ3n) is 2.49. The van der Waals surface area contributed by atoms with Gasteiger partial charge < -0.3 is 9.72 Å². The first-order chi connectivity index (χ1) is 8.77. The first-order valence-corrected chi connectivity index (χ1v) is 7.10. The molecule has 0 bridgehead atoms. The van der Waals surface area contributed by atoms with E-state index >= 15 is 0 Å². The minimum absolute atomic E-state index is 0.698. The molecule has 0 saturated heterocycles. The minimum Gasteiger partial charge on any atom is -0.381 e. The van der Waals surface area contributed by atoms with Crippen LogP contribution in [0.4, 0.5) is 0 Å². The van der Waals surface area contributed by atoms with Crippen molar-refractivity contribution in [2.45, 2.75) is 25.3 Å². The molecule has 0 spiro atoms. The molecule has 0 unspecified atom stereocenters. The Morgan fingerprint density at radius 1 is 1.28 bits per heavy atom. The number of aromatic nitrogens is 4. The Kier molecular flexibility index (Phi) is 4.95. The Morgan fingerprint density at radius 2 is 2.17 bits per heavy atom. The molecule has 0 aliphatic rings. The number of hydrogen-bond donors (Lipinski definition) is 1. The first-order valence-electron chi connectivity index (χ1n) is 6.12. The van der Waals surface area contributed by atoms with E-state index in [-0.39, 0.29) is 0 Å². The standard InChI is InChI=1S/C12H18N4OS/c1-9(2)3-4-17-5-6-18-12-10-11(14-7-13-10)15-8-16-12/h7-9H,3-6H2,1-2H3,(H,13,14,15,16). The first kappa shape index (κ1) is 13.3. The summed E-state index contributed by atoms with van der Waals surface area (Å²) >= 11 is 1.67. The second-order valence-corrected chi connectivity index (χ2v) is 5.51. The quantitative estimate of drug-likeness (QED) is 0.474. The van der Waals surface area contributed by atoms with Crippen LogP contribution in [0, 0.1) is 5.92 Å². The Morgan fingerprint density at radius 3 is 3.00 bits per heavy atom. The van der Waals surface area contributed by atoms with Crippen LogP contribution >= 0.6 is 11.8 Å². The number of rotatable bonds is 7. The summed E-state index contributed by atoms with van der Waals surface area (Å²) in [7, 11) is 0. The minimum atomic E-state index is 0.698. The normalized spacial score (nSPS) is 11.5. The van der Waals surface area contributed by atoms with Crippen LogP contribution in [0.2, 0.25) is 0 Å². The molecule has 2 heterocycles. The number of fused-ring (bicyclic) bond motifs is 1. The maximum atomic E-state index is 5.57. The molecule has 0 atom stereocenters. The molecule has 18 heavy (non-hydrogen) atoms. The van der Waals surface area contributed by atoms with Crippen molar-refractivity contribution >= 4 is 22.9 Å². The van der Waals surface area contributed by atoms with Crippen molar-refractivity contribution in [3.05, 3.63) is 12.7 Å². The van der Waals surface area contributed by atoms with Gasteiger partial charge in [0.2, 0.25) is 0 Å². The lowest BCUT2D eigenvalue weighted by molar-refractivity contribution is 0.138. The van der Waals surface area contributed by atoms with Gasteiger partial charge in [0.1, 0.15) is 16.9 Å². The van der Waals surface area contributed by atoms with Crippen LogP contribution in [0.15, 0.2) is 17.7 Å². The van der Waals surface area contributed by atoms with Crippen LogP contribution in [0.5, 0.6) is 0 Å². The molecule has 0 radical (unpaired) electrons. The number of nitrogens with zero attached hydrogens (tertiary/aromatic N) is 3. The van der Waals surface area contributed by atoms with E-state index in [2.05, 4.69) is 33.8 Å². The van der Waals surface area contributed by atoms with Crippen molar-refractivity contribution < 1.29 is 4.74 Å². The number of ether oxygens (including phenoxy) is 1. The van der Waals surface area contributed by atoms with Gasteiger partial charge in [0.15, 0.2) is 5.65 Å². The van der Waals surface area contributed by atoms with Gasteiger partial charge in [-0.25, -0.2) is 15.0 Å². The molecule has 0 saturated carbocycles. The summed E-state index contributed by atoms with van der Waals surface area (Å²) in [5.74, 6) is 1.59. The highest BCUT2D eigenvalue weighted by molar-refractivity contribution is 7.99. The molecule has 6 heteroatoms. The fraction of sp³-hybridized carbons (Fsp3) is 0.583. The summed E-state index contributed by atoms with van der Waals surface area (Å²) in [4.78, 5) is 15.5. The topological polar surface area (TPSA) is 63.7 Å². The Bertz CT molecular complexity index is 486. The zero-order valence-electron chi connectivity index (χ0n) is 10.7. The van der Waals surface area contributed by atoms with Gasteiger partial charge in [0, 0.05) is 12.4 Å². The zero-order valence-corrected chi connectivity index (χ0v) is 11.5. The smallest absolute Gasteiger partial charge is 0.181 e. The molecule has 0 aromatic carbocycles. The van der Waals surface area contributed by atoms with Gasteiger partial charge in [-0.05, 0) is 12.3 Å². The Balaban J connectivity index is 1.75. The summed E-state index contributed by atoms with van der Waals surface area (Å²) in [6.07, 6.45) is 4.30. The van der Waals surface area contributed by atoms with Gasteiger partial charge >= 0.3 is 0 Å². The van der Waals surface area contributed by atoms with Crippen molar-refractivity contribution in [1.82, 2.24) is 19.9 Å². The van der Waals surface area contributed by atoms with Gasteiger partial charge in [-0.2, -0.15) is 0 Å². The third kappa shape index (κ3) is 3.68. The van der Waals surface area contributed by atoms with E-state index in [4.69, 9.17) is 4.74 Å². The van der Waals surface area contributed by atoms with Crippen LogP contribution in [0.3, 0.4) is 0 Å². The Labute approximate surface area is 111 Å². The summed E-state index contributed by atoms with van der Waals surface area (Å²) < 4.78 is 5.57. The number of thioether (sulfide) groups is 1. The number of nitrogens with one attached hydrogen (secondary N) is 1. The lowest BCUT2D eigenvalue weighted by Gasteiger charge is -2.06. The molecule has 2 aromatic heterocycles. The fourth-order valence-corrected chi connectivity index (χ4v) is 2.28. The fourth-order valence-electron chi connectivity index (χ4n) is 1.47. The predicted molar refractivity (Wildman–Crippen MR) is 72.7 cm³/mol. The molecule has 5 nitrogen and oxygen atoms in total. The average molecular weight is 266 g/mol. The molecule has 0 aliphatic heterocycles. The maximum absolute atomic E-state index is 5.57. The number of aromatic amines is 1. The highest BCUT2D eigenvalue weighted by Gasteiger charge is 2.05. The van der Waals surface area contributed by atoms with Crippen LogP contribution in [0.25, 0.3) is 11.2 Å². The summed E-state index contributed by atoms with van der Waals surface area (Å²) in [5.41, 5.74) is 1.62. The second kappa shape index (κ2) is 6.70. The van der Waals surface area contributed by atoms with Gasteiger partial charge in [0.25, 0.3) is 0 Å². The largest absolute Gasteiger partial charge is 0.381 e. The van der Waals surface area contributed by atoms with E-state index in [9.17, 15) is 0 Å². The van der Waals surface area contributed by atoms with E-state index in [1.165, 1.54) is 0 Å². The van der Waals surface area contributed by atoms with E-state index in [0.29, 0.717) is 11.6 Å². The molecule has 1 N–H and O–H groups in total. The number of hydrogen-bond acceptors (Lipinski definition) is 5. The highest BCUT2D eigenvalue weighted by atomic mass is 32.2. The molecular weight excluding hydrogens is 248 g/mol. The van der Waals surface area contributed by atoms with Gasteiger partial charge in [-0.1, -0.05) is 13.8 Å². The second-order valence-electron chi connectivity index (χ2n) is 4.42. The third-order valence-corrected chi connectivity index (χ3v) is 3.45. The van der Waals surface area contributed by atoms with Crippen molar-refractivity contribution in [2.75, 3.05) is 19.0 Å². The van der Waals surface area contributed by atoms with Crippen molar-refractivity contribution in [2.24, 2.45) is 5.92 Å². The SMILES string of the molecule is CC(C)CCOCCSc1ncnc2nc[nH]c12. The van der Waals surface area contributed by atoms with E-state index in [1.54, 1.807) is 24.4 Å². The average Bonchev–Trinajstić information content (AvgIpc) is 2.82. The van der Waals surface area contributed by atoms with Gasteiger partial charge in [0.05, 0.1) is 12.9 Å². The van der Waals surface area contributed by atoms with Crippen molar-refractivity contribution in [3.8, 4) is 0 Å². The van der Waals surface area contributed by atoms with Crippen molar-refractivity contribution in [3.63, 3.8) is 0 Å². The Hall–Kier alpha value is -1.14. The lowest BCUT2D eigenvalue weighted by atomic mass is 10.1. The van der Waals surface area contributed by atoms with E-state index in [0.717, 1.165) is 35.9 Å². The summed E-state index contributed by atoms with van der Waals surface area (Å²) in [6.45, 7) is 5.99. The summed E-state index contributed by atoms with van der Waals surface area (Å²) in [5, 5.41) is 0.935. The zero-order chi connectivity index (χ0) is 12.8. The maximum Gasteiger partial charge on any atom is 0.181 e. The van der Waals surface area contributed by atoms with Crippen LogP contribution in [-0.4, -0.2) is 38.9 Å². The van der Waals surface area contributed by atoms with Gasteiger partial charge in [-0.3, -0.25) is 0 Å². The molecular formula is C12H18N4OS. The lowest BCUT2D eigenvalue weighted by Crippen LogP contribution is -2.02. The monoisotopic (exact) mass is 266 g/mol. The summed E-state index contributed by atoms with van der Waals surface area (Å²) in [6, 6.07) is 0. The molecule has 2 rings (SSSR count). The van der Waals surface area contributed by atoms with Crippen LogP contribution < -0.4 is 0 Å². The molecule has 0 aliphatic carbocycles. The predicted octanol–water partition coefficient (Wildman–Crippen LogP) is 2.51. The van der Waals surface area contributed by atoms with Crippen LogP contribution in [0.1, 0.15) is 20.3 Å². The van der Waals surface area contributed by atoms with Crippen LogP contribution in [-0.2, 0) is 4.74 Å². The number of imidazole rings is 1. The molecule has 98 valence electrons. The van der Waals surface area contributed by atoms with E-state index < -0.39 is 0 Å². The molecule has 0 amide bonds. The van der Waals surface area contributed by atoms with E-state index in [1.807, 2.05) is 0 Å². The van der Waals surface area contributed by atoms with Crippen molar-refractivity contribution in [1.29, 1.82) is 0 Å². The number of H-pyrrole nitrogens is 1. The highest BCUT2D eigenvalue weighted by Crippen LogP contribution is 2.21. The molecule has 0 fully saturated rings.